The van der Waals surface area contributed by atoms with Crippen LogP contribution in [0.15, 0.2) is 47.8 Å². The molecule has 0 aromatic carbocycles. The van der Waals surface area contributed by atoms with Gasteiger partial charge in [0.15, 0.2) is 0 Å². The van der Waals surface area contributed by atoms with Gasteiger partial charge in [-0.3, -0.25) is 9.78 Å². The van der Waals surface area contributed by atoms with E-state index in [1.165, 1.54) is 48.8 Å². The minimum atomic E-state index is 0.287. The molecule has 2 atom stereocenters. The average Bonchev–Trinajstić information content (AvgIpc) is 3.09. The van der Waals surface area contributed by atoms with Gasteiger partial charge in [-0.25, -0.2) is 0 Å². The number of allylic oxidation sites excluding steroid dienone is 4. The molecule has 0 amide bonds. The zero-order valence-electron chi connectivity index (χ0n) is 15.8. The zero-order valence-corrected chi connectivity index (χ0v) is 15.8. The van der Waals surface area contributed by atoms with Crippen molar-refractivity contribution in [2.45, 2.75) is 70.6 Å². The van der Waals surface area contributed by atoms with Gasteiger partial charge < -0.3 is 0 Å². The van der Waals surface area contributed by atoms with Crippen LogP contribution >= 0.6 is 0 Å². The highest BCUT2D eigenvalue weighted by Crippen LogP contribution is 2.41. The Balaban J connectivity index is 1.29. The summed E-state index contributed by atoms with van der Waals surface area (Å²) in [7, 11) is 0. The summed E-state index contributed by atoms with van der Waals surface area (Å²) in [4.78, 5) is 16.9. The maximum Gasteiger partial charge on any atom is 0.136 e. The van der Waals surface area contributed by atoms with Crippen LogP contribution in [0.25, 0.3) is 0 Å². The first kappa shape index (κ1) is 17.7. The van der Waals surface area contributed by atoms with E-state index in [1.54, 1.807) is 0 Å². The number of carbonyl (C=O) groups excluding carboxylic acids is 1. The normalized spacial score (nSPS) is 26.2. The summed E-state index contributed by atoms with van der Waals surface area (Å²) in [6.07, 6.45) is 21.6. The molecule has 2 unspecified atom stereocenters. The van der Waals surface area contributed by atoms with Crippen molar-refractivity contribution >= 4 is 5.78 Å². The molecule has 26 heavy (non-hydrogen) atoms. The van der Waals surface area contributed by atoms with E-state index >= 15 is 0 Å². The van der Waals surface area contributed by atoms with Gasteiger partial charge >= 0.3 is 0 Å². The molecule has 3 aliphatic rings. The van der Waals surface area contributed by atoms with Crippen molar-refractivity contribution < 1.29 is 4.79 Å². The summed E-state index contributed by atoms with van der Waals surface area (Å²) in [5, 5.41) is 0. The van der Waals surface area contributed by atoms with Gasteiger partial charge in [0.25, 0.3) is 0 Å². The van der Waals surface area contributed by atoms with E-state index in [-0.39, 0.29) is 5.92 Å². The van der Waals surface area contributed by atoms with Crippen molar-refractivity contribution in [2.75, 3.05) is 0 Å². The second kappa shape index (κ2) is 8.33. The lowest BCUT2D eigenvalue weighted by Crippen LogP contribution is -2.23. The maximum atomic E-state index is 12.8. The van der Waals surface area contributed by atoms with Crippen LogP contribution in [-0.4, -0.2) is 10.8 Å². The monoisotopic (exact) mass is 349 g/mol. The molecule has 2 nitrogen and oxygen atoms in total. The highest BCUT2D eigenvalue weighted by molar-refractivity contribution is 5.81. The number of aromatic nitrogens is 1. The lowest BCUT2D eigenvalue weighted by atomic mass is 9.76. The highest BCUT2D eigenvalue weighted by Gasteiger charge is 2.31. The third kappa shape index (κ3) is 4.34. The Morgan fingerprint density at radius 3 is 2.65 bits per heavy atom. The zero-order chi connectivity index (χ0) is 17.8. The average molecular weight is 350 g/mol. The second-order valence-corrected chi connectivity index (χ2v) is 8.59. The van der Waals surface area contributed by atoms with Gasteiger partial charge in [-0.2, -0.15) is 0 Å². The Bertz CT molecular complexity index is 681. The Kier molecular flexibility index (Phi) is 5.67. The molecule has 138 valence electrons. The summed E-state index contributed by atoms with van der Waals surface area (Å²) >= 11 is 0. The number of hydrogen-bond acceptors (Lipinski definition) is 2. The molecular weight excluding hydrogens is 318 g/mol. The molecular formula is C24H31NO. The molecule has 4 rings (SSSR count). The predicted octanol–water partition coefficient (Wildman–Crippen LogP) is 5.84. The molecule has 0 spiro atoms. The third-order valence-electron chi connectivity index (χ3n) is 6.71. The van der Waals surface area contributed by atoms with E-state index in [2.05, 4.69) is 29.3 Å². The summed E-state index contributed by atoms with van der Waals surface area (Å²) in [6.45, 7) is 0. The van der Waals surface area contributed by atoms with Gasteiger partial charge in [-0.15, -0.1) is 0 Å². The first-order valence-electron chi connectivity index (χ1n) is 10.6. The van der Waals surface area contributed by atoms with Crippen LogP contribution in [0, 0.1) is 17.8 Å². The smallest absolute Gasteiger partial charge is 0.136 e. The van der Waals surface area contributed by atoms with Crippen LogP contribution in [0.5, 0.6) is 0 Å². The van der Waals surface area contributed by atoms with Crippen molar-refractivity contribution in [2.24, 2.45) is 17.8 Å². The van der Waals surface area contributed by atoms with Crippen molar-refractivity contribution in [1.82, 2.24) is 4.98 Å². The Morgan fingerprint density at radius 1 is 1.04 bits per heavy atom. The minimum absolute atomic E-state index is 0.287. The lowest BCUT2D eigenvalue weighted by Gasteiger charge is -2.28. The van der Waals surface area contributed by atoms with Crippen molar-refractivity contribution in [3.8, 4) is 0 Å². The fourth-order valence-electron chi connectivity index (χ4n) is 5.15. The summed E-state index contributed by atoms with van der Waals surface area (Å²) in [5.74, 6) is 2.24. The van der Waals surface area contributed by atoms with Gasteiger partial charge in [0.05, 0.1) is 0 Å². The molecule has 0 radical (unpaired) electrons. The van der Waals surface area contributed by atoms with E-state index < -0.39 is 0 Å². The van der Waals surface area contributed by atoms with E-state index in [1.807, 2.05) is 12.4 Å². The summed E-state index contributed by atoms with van der Waals surface area (Å²) in [5.41, 5.74) is 4.25. The summed E-state index contributed by atoms with van der Waals surface area (Å²) < 4.78 is 0. The largest absolute Gasteiger partial charge is 0.299 e. The molecule has 2 fully saturated rings. The van der Waals surface area contributed by atoms with Crippen LogP contribution in [0.1, 0.15) is 69.8 Å². The molecule has 0 N–H and O–H groups in total. The first-order valence-corrected chi connectivity index (χ1v) is 10.6. The number of ketones is 1. The van der Waals surface area contributed by atoms with E-state index in [0.717, 1.165) is 44.4 Å². The molecule has 3 aliphatic carbocycles. The number of nitrogens with zero attached hydrogens (tertiary/aromatic N) is 1. The van der Waals surface area contributed by atoms with Crippen LogP contribution < -0.4 is 0 Å². The summed E-state index contributed by atoms with van der Waals surface area (Å²) in [6, 6.07) is 4.19. The van der Waals surface area contributed by atoms with E-state index in [4.69, 9.17) is 0 Å². The van der Waals surface area contributed by atoms with Crippen molar-refractivity contribution in [3.05, 3.63) is 53.4 Å². The molecule has 2 heteroatoms. The Hall–Kier alpha value is -1.70. The quantitative estimate of drug-likeness (QED) is 0.646. The fourth-order valence-corrected chi connectivity index (χ4v) is 5.15. The van der Waals surface area contributed by atoms with Crippen LogP contribution in [0.4, 0.5) is 0 Å². The Morgan fingerprint density at radius 2 is 1.85 bits per heavy atom. The number of Topliss-reactive ketones (excluding diaryl/α,β-unsaturated/α-hetero) is 1. The first-order chi connectivity index (χ1) is 12.8. The van der Waals surface area contributed by atoms with Gasteiger partial charge in [0.1, 0.15) is 5.78 Å². The Labute approximate surface area is 157 Å². The molecule has 1 aromatic rings. The van der Waals surface area contributed by atoms with Crippen LogP contribution in [0.3, 0.4) is 0 Å². The van der Waals surface area contributed by atoms with Gasteiger partial charge in [0.2, 0.25) is 0 Å². The minimum Gasteiger partial charge on any atom is -0.299 e. The van der Waals surface area contributed by atoms with Gasteiger partial charge in [-0.05, 0) is 67.2 Å². The van der Waals surface area contributed by atoms with Crippen LogP contribution in [0.2, 0.25) is 0 Å². The predicted molar refractivity (Wildman–Crippen MR) is 106 cm³/mol. The molecule has 1 heterocycles. The fraction of sp³-hybridized carbons (Fsp3) is 0.583. The molecule has 2 saturated carbocycles. The standard InChI is InChI=1S/C24H31NO/c26-24(9-6-18-4-2-1-3-5-18)22-8-7-21-15-20(16-23(21)17-22)14-19-10-12-25-13-11-19/h10-13,15-16,18,21-22H,1-9,14,17H2. The SMILES string of the molecule is O=C(CCC1CCCCC1)C1CCC2C=C(Cc3ccncc3)C=C2C1. The van der Waals surface area contributed by atoms with Crippen molar-refractivity contribution in [1.29, 1.82) is 0 Å². The highest BCUT2D eigenvalue weighted by atomic mass is 16.1. The maximum absolute atomic E-state index is 12.8. The topological polar surface area (TPSA) is 30.0 Å². The van der Waals surface area contributed by atoms with E-state index in [0.29, 0.717) is 11.7 Å². The number of carbonyl (C=O) groups is 1. The third-order valence-corrected chi connectivity index (χ3v) is 6.71. The molecule has 1 aromatic heterocycles. The second-order valence-electron chi connectivity index (χ2n) is 8.59. The number of rotatable bonds is 6. The molecule has 0 bridgehead atoms. The number of hydrogen-bond donors (Lipinski definition) is 0. The molecule has 0 aliphatic heterocycles. The van der Waals surface area contributed by atoms with Crippen molar-refractivity contribution in [3.63, 3.8) is 0 Å². The lowest BCUT2D eigenvalue weighted by molar-refractivity contribution is -0.123. The van der Waals surface area contributed by atoms with Gasteiger partial charge in [0, 0.05) is 24.7 Å². The number of fused-ring (bicyclic) bond motifs is 1. The van der Waals surface area contributed by atoms with Crippen LogP contribution in [-0.2, 0) is 11.2 Å². The van der Waals surface area contributed by atoms with Gasteiger partial charge in [-0.1, -0.05) is 49.8 Å². The molecule has 0 saturated heterocycles. The van der Waals surface area contributed by atoms with E-state index in [9.17, 15) is 4.79 Å². The number of pyridine rings is 1.